The first-order valence-corrected chi connectivity index (χ1v) is 16.3. The minimum atomic E-state index is -0.841. The predicted octanol–water partition coefficient (Wildman–Crippen LogP) is 8.06. The highest BCUT2D eigenvalue weighted by Crippen LogP contribution is 2.31. The van der Waals surface area contributed by atoms with Crippen LogP contribution in [0.25, 0.3) is 22.0 Å². The van der Waals surface area contributed by atoms with Gasteiger partial charge in [-0.25, -0.2) is 4.79 Å². The number of benzene rings is 5. The zero-order valence-electron chi connectivity index (χ0n) is 27.6. The van der Waals surface area contributed by atoms with Gasteiger partial charge in [0.15, 0.2) is 0 Å². The Hall–Kier alpha value is -5.70. The molecule has 1 heterocycles. The Balaban J connectivity index is 1.08. The fraction of sp³-hybridized carbons (Fsp3) is 0.171. The van der Waals surface area contributed by atoms with Crippen LogP contribution >= 0.6 is 0 Å². The van der Waals surface area contributed by atoms with E-state index >= 15 is 0 Å². The smallest absolute Gasteiger partial charge is 0.323 e. The topological polar surface area (TPSA) is 115 Å². The van der Waals surface area contributed by atoms with E-state index in [1.165, 1.54) is 6.07 Å². The first-order valence-electron chi connectivity index (χ1n) is 16.3. The first-order chi connectivity index (χ1) is 23.7. The number of urea groups is 1. The van der Waals surface area contributed by atoms with Gasteiger partial charge in [-0.3, -0.25) is 4.79 Å². The quantitative estimate of drug-likeness (QED) is 0.0918. The van der Waals surface area contributed by atoms with Crippen LogP contribution in [0.4, 0.5) is 16.2 Å². The molecule has 8 heteroatoms. The van der Waals surface area contributed by atoms with E-state index in [9.17, 15) is 14.7 Å². The normalized spacial score (nSPS) is 12.0. The number of aromatic amines is 1. The first kappa shape index (κ1) is 33.2. The van der Waals surface area contributed by atoms with Gasteiger partial charge in [-0.05, 0) is 72.9 Å². The largest absolute Gasteiger partial charge is 0.487 e. The lowest BCUT2D eigenvalue weighted by Gasteiger charge is -2.28. The Morgan fingerprint density at radius 3 is 2.31 bits per heavy atom. The number of pyridine rings is 1. The van der Waals surface area contributed by atoms with Crippen LogP contribution in [0.2, 0.25) is 0 Å². The molecule has 1 atom stereocenters. The van der Waals surface area contributed by atoms with Crippen molar-refractivity contribution in [3.05, 3.63) is 161 Å². The predicted molar refractivity (Wildman–Crippen MR) is 197 cm³/mol. The Morgan fingerprint density at radius 1 is 0.796 bits per heavy atom. The number of para-hydroxylation sites is 1. The number of nitrogens with one attached hydrogen (secondary N) is 4. The van der Waals surface area contributed by atoms with E-state index in [0.29, 0.717) is 35.5 Å². The van der Waals surface area contributed by atoms with Gasteiger partial charge in [0.1, 0.15) is 12.4 Å². The lowest BCUT2D eigenvalue weighted by Crippen LogP contribution is -2.43. The number of aliphatic hydroxyl groups is 1. The number of ether oxygens (including phenoxy) is 1. The van der Waals surface area contributed by atoms with Crippen LogP contribution in [-0.2, 0) is 13.0 Å². The maximum Gasteiger partial charge on any atom is 0.323 e. The summed E-state index contributed by atoms with van der Waals surface area (Å²) in [5.41, 5.74) is 6.01. The number of aliphatic hydroxyl groups excluding tert-OH is 1. The third-order valence-corrected chi connectivity index (χ3v) is 8.35. The molecule has 6 rings (SSSR count). The molecule has 1 aromatic heterocycles. The molecule has 0 spiro atoms. The molecule has 6 aromatic rings. The molecule has 0 radical (unpaired) electrons. The summed E-state index contributed by atoms with van der Waals surface area (Å²) in [4.78, 5) is 28.2. The fourth-order valence-electron chi connectivity index (χ4n) is 5.96. The van der Waals surface area contributed by atoms with Crippen LogP contribution in [0.3, 0.4) is 0 Å². The summed E-state index contributed by atoms with van der Waals surface area (Å²) < 4.78 is 6.06. The number of amides is 2. The summed E-state index contributed by atoms with van der Waals surface area (Å²) in [5.74, 6) is 0.545. The maximum atomic E-state index is 13.0. The van der Waals surface area contributed by atoms with Gasteiger partial charge in [0.2, 0.25) is 5.56 Å². The number of fused-ring (bicyclic) bond motifs is 1. The molecule has 0 aliphatic heterocycles. The van der Waals surface area contributed by atoms with Gasteiger partial charge >= 0.3 is 6.03 Å². The van der Waals surface area contributed by atoms with E-state index in [1.54, 1.807) is 12.1 Å². The Bertz CT molecular complexity index is 2090. The minimum absolute atomic E-state index is 0.242. The number of rotatable bonds is 12. The van der Waals surface area contributed by atoms with Crippen LogP contribution < -0.4 is 26.2 Å². The van der Waals surface area contributed by atoms with Crippen molar-refractivity contribution in [2.45, 2.75) is 38.5 Å². The highest BCUT2D eigenvalue weighted by molar-refractivity contribution is 6.02. The summed E-state index contributed by atoms with van der Waals surface area (Å²) in [6.45, 7) is 4.78. The van der Waals surface area contributed by atoms with Crippen LogP contribution in [0.5, 0.6) is 5.75 Å². The summed E-state index contributed by atoms with van der Waals surface area (Å²) >= 11 is 0. The molecule has 8 nitrogen and oxygen atoms in total. The van der Waals surface area contributed by atoms with Crippen molar-refractivity contribution in [1.82, 2.24) is 10.3 Å². The molecule has 0 saturated heterocycles. The molecule has 0 saturated carbocycles. The maximum absolute atomic E-state index is 13.0. The van der Waals surface area contributed by atoms with Gasteiger partial charge in [0.25, 0.3) is 0 Å². The van der Waals surface area contributed by atoms with Gasteiger partial charge in [-0.15, -0.1) is 0 Å². The van der Waals surface area contributed by atoms with Gasteiger partial charge in [-0.1, -0.05) is 97.1 Å². The highest BCUT2D eigenvalue weighted by atomic mass is 16.5. The lowest BCUT2D eigenvalue weighted by atomic mass is 9.93. The monoisotopic (exact) mass is 652 g/mol. The third kappa shape index (κ3) is 8.61. The number of β-amino-alcohol motifs (C(OH)–C–C–N with tert-alkyl or cyclic N) is 1. The second kappa shape index (κ2) is 15.0. The molecule has 2 amide bonds. The van der Waals surface area contributed by atoms with E-state index in [1.807, 2.05) is 115 Å². The number of hydrogen-bond acceptors (Lipinski definition) is 5. The second-order valence-electron chi connectivity index (χ2n) is 12.7. The summed E-state index contributed by atoms with van der Waals surface area (Å²) in [6.07, 6.45) is -0.195. The molecule has 0 fully saturated rings. The van der Waals surface area contributed by atoms with E-state index < -0.39 is 6.10 Å². The molecule has 1 unspecified atom stereocenters. The van der Waals surface area contributed by atoms with E-state index in [4.69, 9.17) is 4.74 Å². The fourth-order valence-corrected chi connectivity index (χ4v) is 5.96. The van der Waals surface area contributed by atoms with Crippen molar-refractivity contribution in [1.29, 1.82) is 0 Å². The molecular formula is C41H40N4O4. The molecular weight excluding hydrogens is 612 g/mol. The van der Waals surface area contributed by atoms with Crippen molar-refractivity contribution < 1.29 is 14.6 Å². The molecule has 248 valence electrons. The van der Waals surface area contributed by atoms with Crippen molar-refractivity contribution in [3.63, 3.8) is 0 Å². The lowest BCUT2D eigenvalue weighted by molar-refractivity contribution is 0.162. The molecule has 5 aromatic carbocycles. The summed E-state index contributed by atoms with van der Waals surface area (Å²) in [6, 6.07) is 41.7. The van der Waals surface area contributed by atoms with E-state index in [0.717, 1.165) is 33.3 Å². The number of anilines is 2. The third-order valence-electron chi connectivity index (χ3n) is 8.35. The summed E-state index contributed by atoms with van der Waals surface area (Å²) in [5, 5.41) is 21.5. The van der Waals surface area contributed by atoms with Crippen molar-refractivity contribution in [2.75, 3.05) is 17.2 Å². The zero-order chi connectivity index (χ0) is 34.2. The number of aromatic nitrogens is 1. The molecule has 0 bridgehead atoms. The summed E-state index contributed by atoms with van der Waals surface area (Å²) in [7, 11) is 0. The van der Waals surface area contributed by atoms with Crippen molar-refractivity contribution in [2.24, 2.45) is 0 Å². The molecule has 0 aliphatic rings. The van der Waals surface area contributed by atoms with Crippen LogP contribution in [0.1, 0.15) is 36.6 Å². The Labute approximate surface area is 285 Å². The Kier molecular flexibility index (Phi) is 10.2. The average Bonchev–Trinajstić information content (AvgIpc) is 3.10. The number of carbonyl (C=O) groups is 1. The zero-order valence-corrected chi connectivity index (χ0v) is 27.6. The standard InChI is InChI=1S/C41H40N4O4/c1-41(2,25-29-14-11-17-31(24-29)43-40(48)44-35-19-10-9-18-32(35)30-15-7-4-8-16-30)42-26-36(46)33-20-22-37(39-34(33)21-23-38(47)45-39)49-27-28-12-5-3-6-13-28/h3-24,36,42,46H,25-27H2,1-2H3,(H,45,47)(H2,43,44,48). The minimum Gasteiger partial charge on any atom is -0.487 e. The van der Waals surface area contributed by atoms with E-state index in [2.05, 4.69) is 34.8 Å². The highest BCUT2D eigenvalue weighted by Gasteiger charge is 2.22. The number of carbonyl (C=O) groups excluding carboxylic acids is 1. The molecule has 0 aliphatic carbocycles. The number of H-pyrrole nitrogens is 1. The SMILES string of the molecule is CC(C)(Cc1cccc(NC(=O)Nc2ccccc2-c2ccccc2)c1)NCC(O)c1ccc(OCc2ccccc2)c2[nH]c(=O)ccc12. The second-order valence-corrected chi connectivity index (χ2v) is 12.7. The van der Waals surface area contributed by atoms with Gasteiger partial charge in [0.05, 0.1) is 17.3 Å². The van der Waals surface area contributed by atoms with Crippen molar-refractivity contribution in [3.8, 4) is 16.9 Å². The number of hydrogen-bond donors (Lipinski definition) is 5. The van der Waals surface area contributed by atoms with Gasteiger partial charge in [0, 0.05) is 34.8 Å². The molecule has 49 heavy (non-hydrogen) atoms. The van der Waals surface area contributed by atoms with Crippen LogP contribution in [0.15, 0.2) is 138 Å². The van der Waals surface area contributed by atoms with Gasteiger partial charge < -0.3 is 30.8 Å². The van der Waals surface area contributed by atoms with E-state index in [-0.39, 0.29) is 23.7 Å². The molecule has 5 N–H and O–H groups in total. The van der Waals surface area contributed by atoms with Crippen molar-refractivity contribution >= 4 is 28.3 Å². The van der Waals surface area contributed by atoms with Gasteiger partial charge in [-0.2, -0.15) is 0 Å². The Morgan fingerprint density at radius 2 is 1.51 bits per heavy atom. The van der Waals surface area contributed by atoms with Crippen LogP contribution in [-0.4, -0.2) is 28.2 Å². The van der Waals surface area contributed by atoms with Crippen LogP contribution in [0, 0.1) is 0 Å². The average molecular weight is 653 g/mol.